The lowest BCUT2D eigenvalue weighted by Gasteiger charge is -2.23. The maximum atomic E-state index is 13.9. The number of aromatic nitrogens is 1. The Bertz CT molecular complexity index is 1110. The summed E-state index contributed by atoms with van der Waals surface area (Å²) < 4.78 is 60.3. The fourth-order valence-electron chi connectivity index (χ4n) is 3.33. The number of hydrogen-bond acceptors (Lipinski definition) is 4. The fourth-order valence-corrected chi connectivity index (χ4v) is 4.17. The molecule has 33 heavy (non-hydrogen) atoms. The molecule has 5 nitrogen and oxygen atoms in total. The van der Waals surface area contributed by atoms with E-state index in [-0.39, 0.29) is 28.7 Å². The Labute approximate surface area is 192 Å². The van der Waals surface area contributed by atoms with Crippen LogP contribution in [0.5, 0.6) is 5.75 Å². The second kappa shape index (κ2) is 10.2. The highest BCUT2D eigenvalue weighted by molar-refractivity contribution is 7.14. The van der Waals surface area contributed by atoms with Crippen molar-refractivity contribution < 1.29 is 32.2 Å². The molecule has 10 heteroatoms. The lowest BCUT2D eigenvalue weighted by Crippen LogP contribution is -2.25. The van der Waals surface area contributed by atoms with Crippen molar-refractivity contribution in [2.24, 2.45) is 0 Å². The highest BCUT2D eigenvalue weighted by Crippen LogP contribution is 2.44. The first kappa shape index (κ1) is 24.5. The minimum absolute atomic E-state index is 0.0327. The van der Waals surface area contributed by atoms with Crippen LogP contribution in [0.3, 0.4) is 0 Å². The van der Waals surface area contributed by atoms with Gasteiger partial charge in [0.25, 0.3) is 0 Å². The number of rotatable bonds is 8. The molecule has 0 aliphatic carbocycles. The molecule has 0 atom stereocenters. The number of amides is 1. The van der Waals surface area contributed by atoms with Gasteiger partial charge < -0.3 is 9.84 Å². The number of carbonyl (C=O) groups is 1. The van der Waals surface area contributed by atoms with Crippen LogP contribution in [0.25, 0.3) is 11.3 Å². The van der Waals surface area contributed by atoms with Gasteiger partial charge in [0, 0.05) is 10.9 Å². The summed E-state index contributed by atoms with van der Waals surface area (Å²) >= 11 is 0.953. The number of unbranched alkanes of at least 4 members (excludes halogenated alkanes) is 2. The first-order valence-electron chi connectivity index (χ1n) is 10.2. The highest BCUT2D eigenvalue weighted by Gasteiger charge is 2.38. The summed E-state index contributed by atoms with van der Waals surface area (Å²) in [6.07, 6.45) is -3.89. The largest absolute Gasteiger partial charge is 0.493 e. The standard InChI is InChI=1S/C23H22F4N2O3S/c1-3-4-5-12-32-19-11-10-18(14(2)20(19)23(25,26)27)29(22(30)31)21-28-17(13-33-21)15-6-8-16(24)9-7-15/h6-11,13H,3-5,12H2,1-2H3,(H,30,31). The Morgan fingerprint density at radius 3 is 2.45 bits per heavy atom. The minimum Gasteiger partial charge on any atom is -0.493 e. The van der Waals surface area contributed by atoms with Crippen LogP contribution in [0, 0.1) is 12.7 Å². The van der Waals surface area contributed by atoms with Crippen molar-refractivity contribution in [3.05, 3.63) is 58.7 Å². The predicted octanol–water partition coefficient (Wildman–Crippen LogP) is 7.66. The van der Waals surface area contributed by atoms with Crippen LogP contribution in [0.1, 0.15) is 37.3 Å². The fraction of sp³-hybridized carbons (Fsp3) is 0.304. The molecule has 2 aromatic carbocycles. The number of anilines is 2. The van der Waals surface area contributed by atoms with Crippen LogP contribution in [0.2, 0.25) is 0 Å². The molecular weight excluding hydrogens is 460 g/mol. The summed E-state index contributed by atoms with van der Waals surface area (Å²) in [5, 5.41) is 11.3. The molecule has 3 rings (SSSR count). The molecule has 176 valence electrons. The molecule has 1 heterocycles. The second-order valence-electron chi connectivity index (χ2n) is 7.28. The molecule has 0 unspecified atom stereocenters. The monoisotopic (exact) mass is 482 g/mol. The normalized spacial score (nSPS) is 11.5. The van der Waals surface area contributed by atoms with E-state index >= 15 is 0 Å². The van der Waals surface area contributed by atoms with Gasteiger partial charge in [-0.1, -0.05) is 19.8 Å². The molecule has 1 N–H and O–H groups in total. The Kier molecular flexibility index (Phi) is 7.57. The first-order chi connectivity index (χ1) is 15.6. The van der Waals surface area contributed by atoms with Crippen LogP contribution < -0.4 is 9.64 Å². The summed E-state index contributed by atoms with van der Waals surface area (Å²) in [6, 6.07) is 7.87. The first-order valence-corrected chi connectivity index (χ1v) is 11.1. The van der Waals surface area contributed by atoms with Crippen molar-refractivity contribution >= 4 is 28.2 Å². The molecule has 1 aromatic heterocycles. The van der Waals surface area contributed by atoms with Gasteiger partial charge in [0.05, 0.1) is 18.0 Å². The number of ether oxygens (including phenoxy) is 1. The Morgan fingerprint density at radius 2 is 1.85 bits per heavy atom. The molecule has 0 aliphatic heterocycles. The van der Waals surface area contributed by atoms with E-state index in [1.807, 2.05) is 6.92 Å². The molecule has 0 saturated heterocycles. The summed E-state index contributed by atoms with van der Waals surface area (Å²) in [4.78, 5) is 17.0. The average molecular weight is 482 g/mol. The van der Waals surface area contributed by atoms with Gasteiger partial charge in [-0.15, -0.1) is 11.3 Å². The van der Waals surface area contributed by atoms with Crippen molar-refractivity contribution in [3.63, 3.8) is 0 Å². The predicted molar refractivity (Wildman–Crippen MR) is 119 cm³/mol. The number of halogens is 4. The molecule has 0 aliphatic rings. The number of hydrogen-bond donors (Lipinski definition) is 1. The molecule has 0 fully saturated rings. The van der Waals surface area contributed by atoms with Crippen LogP contribution in [0.15, 0.2) is 41.8 Å². The molecule has 0 bridgehead atoms. The average Bonchev–Trinajstić information content (AvgIpc) is 3.22. The third kappa shape index (κ3) is 5.62. The third-order valence-electron chi connectivity index (χ3n) is 4.94. The summed E-state index contributed by atoms with van der Waals surface area (Å²) in [5.74, 6) is -0.773. The van der Waals surface area contributed by atoms with E-state index in [0.717, 1.165) is 30.2 Å². The summed E-state index contributed by atoms with van der Waals surface area (Å²) in [7, 11) is 0. The Hall–Kier alpha value is -3.14. The Morgan fingerprint density at radius 1 is 1.15 bits per heavy atom. The highest BCUT2D eigenvalue weighted by atomic mass is 32.1. The zero-order valence-corrected chi connectivity index (χ0v) is 18.8. The lowest BCUT2D eigenvalue weighted by molar-refractivity contribution is -0.139. The van der Waals surface area contributed by atoms with Crippen LogP contribution >= 0.6 is 11.3 Å². The maximum absolute atomic E-state index is 13.9. The van der Waals surface area contributed by atoms with Crippen LogP contribution in [0.4, 0.5) is 33.2 Å². The van der Waals surface area contributed by atoms with Crippen LogP contribution in [-0.2, 0) is 6.18 Å². The molecule has 3 aromatic rings. The van der Waals surface area contributed by atoms with E-state index in [9.17, 15) is 27.5 Å². The Balaban J connectivity index is 2.01. The topological polar surface area (TPSA) is 62.7 Å². The third-order valence-corrected chi connectivity index (χ3v) is 5.77. The summed E-state index contributed by atoms with van der Waals surface area (Å²) in [6.45, 7) is 3.31. The van der Waals surface area contributed by atoms with E-state index in [4.69, 9.17) is 4.74 Å². The van der Waals surface area contributed by atoms with E-state index in [2.05, 4.69) is 4.98 Å². The van der Waals surface area contributed by atoms with E-state index in [1.165, 1.54) is 37.3 Å². The minimum atomic E-state index is -4.74. The summed E-state index contributed by atoms with van der Waals surface area (Å²) in [5.41, 5.74) is -0.538. The van der Waals surface area contributed by atoms with Crippen molar-refractivity contribution in [1.82, 2.24) is 4.98 Å². The van der Waals surface area contributed by atoms with Gasteiger partial charge in [-0.2, -0.15) is 13.2 Å². The van der Waals surface area contributed by atoms with Gasteiger partial charge in [-0.05, 0) is 55.3 Å². The molecule has 1 amide bonds. The van der Waals surface area contributed by atoms with Gasteiger partial charge >= 0.3 is 12.3 Å². The molecule has 0 radical (unpaired) electrons. The quantitative estimate of drug-likeness (QED) is 0.264. The van der Waals surface area contributed by atoms with Crippen molar-refractivity contribution in [3.8, 4) is 17.0 Å². The van der Waals surface area contributed by atoms with Gasteiger partial charge in [-0.3, -0.25) is 0 Å². The van der Waals surface area contributed by atoms with Gasteiger partial charge in [0.2, 0.25) is 0 Å². The second-order valence-corrected chi connectivity index (χ2v) is 8.11. The zero-order chi connectivity index (χ0) is 24.2. The smallest absolute Gasteiger partial charge is 0.420 e. The maximum Gasteiger partial charge on any atom is 0.420 e. The number of thiazole rings is 1. The number of carboxylic acid groups (broad SMARTS) is 1. The van der Waals surface area contributed by atoms with E-state index in [0.29, 0.717) is 22.6 Å². The SMILES string of the molecule is CCCCCOc1ccc(N(C(=O)O)c2nc(-c3ccc(F)cc3)cs2)c(C)c1C(F)(F)F. The number of nitrogens with zero attached hydrogens (tertiary/aromatic N) is 2. The van der Waals surface area contributed by atoms with Gasteiger partial charge in [0.15, 0.2) is 5.13 Å². The van der Waals surface area contributed by atoms with E-state index < -0.39 is 23.7 Å². The van der Waals surface area contributed by atoms with Gasteiger partial charge in [-0.25, -0.2) is 19.1 Å². The van der Waals surface area contributed by atoms with Crippen LogP contribution in [-0.4, -0.2) is 22.8 Å². The number of alkyl halides is 3. The molecule has 0 saturated carbocycles. The van der Waals surface area contributed by atoms with E-state index in [1.54, 1.807) is 5.38 Å². The number of benzene rings is 2. The van der Waals surface area contributed by atoms with Crippen molar-refractivity contribution in [2.45, 2.75) is 39.3 Å². The molecular formula is C23H22F4N2O3S. The lowest BCUT2D eigenvalue weighted by atomic mass is 10.0. The molecule has 0 spiro atoms. The zero-order valence-electron chi connectivity index (χ0n) is 17.9. The van der Waals surface area contributed by atoms with Crippen molar-refractivity contribution in [2.75, 3.05) is 11.5 Å². The van der Waals surface area contributed by atoms with Crippen molar-refractivity contribution in [1.29, 1.82) is 0 Å². The van der Waals surface area contributed by atoms with Gasteiger partial charge in [0.1, 0.15) is 17.1 Å².